The summed E-state index contributed by atoms with van der Waals surface area (Å²) < 4.78 is 28.6. The predicted molar refractivity (Wildman–Crippen MR) is 152 cm³/mol. The smallest absolute Gasteiger partial charge is 0.305 e. The normalized spacial score (nSPS) is 21.4. The second kappa shape index (κ2) is 11.0. The molecule has 1 aromatic heterocycles. The number of piperazine rings is 1. The van der Waals surface area contributed by atoms with Gasteiger partial charge in [-0.05, 0) is 66.9 Å². The number of carboxylic acid groups (broad SMARTS) is 1. The molecule has 1 atom stereocenters. The fourth-order valence-electron chi connectivity index (χ4n) is 5.93. The van der Waals surface area contributed by atoms with Crippen LogP contribution in [-0.4, -0.2) is 89.5 Å². The third kappa shape index (κ3) is 5.51. The van der Waals surface area contributed by atoms with Crippen molar-refractivity contribution in [2.24, 2.45) is 0 Å². The highest BCUT2D eigenvalue weighted by Crippen LogP contribution is 2.34. The van der Waals surface area contributed by atoms with E-state index in [-0.39, 0.29) is 24.0 Å². The summed E-state index contributed by atoms with van der Waals surface area (Å²) in [6, 6.07) is 13.8. The van der Waals surface area contributed by atoms with E-state index in [1.165, 1.54) is 11.1 Å². The zero-order valence-electron chi connectivity index (χ0n) is 22.4. The third-order valence-electron chi connectivity index (χ3n) is 7.86. The molecule has 3 heterocycles. The minimum Gasteiger partial charge on any atom is -0.481 e. The highest BCUT2D eigenvalue weighted by molar-refractivity contribution is 7.89. The van der Waals surface area contributed by atoms with Crippen LogP contribution in [0.3, 0.4) is 0 Å². The number of hydrogen-bond donors (Lipinski definition) is 1. The number of aromatic nitrogens is 1. The van der Waals surface area contributed by atoms with Gasteiger partial charge in [0.1, 0.15) is 0 Å². The van der Waals surface area contributed by atoms with E-state index in [0.29, 0.717) is 10.4 Å². The van der Waals surface area contributed by atoms with E-state index in [4.69, 9.17) is 11.6 Å². The lowest BCUT2D eigenvalue weighted by Crippen LogP contribution is -2.70. The van der Waals surface area contributed by atoms with Gasteiger partial charge in [-0.2, -0.15) is 4.31 Å². The molecule has 0 aliphatic carbocycles. The highest BCUT2D eigenvalue weighted by Gasteiger charge is 2.50. The number of aliphatic carboxylic acids is 1. The molecule has 2 fully saturated rings. The van der Waals surface area contributed by atoms with Crippen molar-refractivity contribution in [3.05, 3.63) is 65.9 Å². The third-order valence-corrected chi connectivity index (χ3v) is 9.88. The molecule has 0 radical (unpaired) electrons. The van der Waals surface area contributed by atoms with Crippen LogP contribution in [-0.2, 0) is 19.6 Å². The number of halogens is 1. The van der Waals surface area contributed by atoms with E-state index in [2.05, 4.69) is 9.88 Å². The first-order valence-electron chi connectivity index (χ1n) is 13.1. The standard InChI is InChI=1S/C28H32ClN5O5S/c1-28(17-27(36)37)19-33(40(38,39)25-6-4-20-15-22(29)5-3-21(20)16-25)18-26(35)34(28)31(2)23-9-13-32(14-10-23)24-7-11-30-12-8-24/h3-8,11-12,15-16,23H,9-10,13-14,17-19H2,1-2H3,(H,36,37). The Labute approximate surface area is 238 Å². The van der Waals surface area contributed by atoms with Gasteiger partial charge in [0, 0.05) is 55.8 Å². The maximum Gasteiger partial charge on any atom is 0.305 e. The number of rotatable bonds is 7. The number of fused-ring (bicyclic) bond motifs is 1. The van der Waals surface area contributed by atoms with Crippen LogP contribution in [0, 0.1) is 0 Å². The molecule has 40 heavy (non-hydrogen) atoms. The predicted octanol–water partition coefficient (Wildman–Crippen LogP) is 3.47. The molecule has 3 aromatic rings. The SMILES string of the molecule is CN(C1CCN(c2ccncc2)CC1)N1C(=O)CN(S(=O)(=O)c2ccc3cc(Cl)ccc3c2)CC1(C)CC(=O)O. The summed E-state index contributed by atoms with van der Waals surface area (Å²) in [5.74, 6) is -1.56. The van der Waals surface area contributed by atoms with E-state index in [1.807, 2.05) is 17.1 Å². The number of pyridine rings is 1. The molecule has 2 aromatic carbocycles. The van der Waals surface area contributed by atoms with Crippen molar-refractivity contribution in [1.82, 2.24) is 19.3 Å². The van der Waals surface area contributed by atoms with Crippen molar-refractivity contribution in [2.45, 2.75) is 42.7 Å². The van der Waals surface area contributed by atoms with Crippen LogP contribution in [0.15, 0.2) is 65.8 Å². The Hall–Kier alpha value is -3.25. The van der Waals surface area contributed by atoms with E-state index in [1.54, 1.807) is 56.7 Å². The van der Waals surface area contributed by atoms with E-state index >= 15 is 0 Å². The number of carbonyl (C=O) groups excluding carboxylic acids is 1. The van der Waals surface area contributed by atoms with Crippen molar-refractivity contribution < 1.29 is 23.1 Å². The number of sulfonamides is 1. The number of hydrazine groups is 1. The molecular weight excluding hydrogens is 554 g/mol. The summed E-state index contributed by atoms with van der Waals surface area (Å²) in [7, 11) is -2.29. The molecule has 5 rings (SSSR count). The van der Waals surface area contributed by atoms with Gasteiger partial charge in [-0.3, -0.25) is 19.6 Å². The molecule has 0 bridgehead atoms. The summed E-state index contributed by atoms with van der Waals surface area (Å²) >= 11 is 6.06. The second-order valence-corrected chi connectivity index (χ2v) is 13.1. The van der Waals surface area contributed by atoms with E-state index in [9.17, 15) is 23.1 Å². The van der Waals surface area contributed by atoms with Gasteiger partial charge in [0.05, 0.1) is 23.4 Å². The maximum atomic E-state index is 13.7. The quantitative estimate of drug-likeness (QED) is 0.448. The van der Waals surface area contributed by atoms with Gasteiger partial charge in [-0.25, -0.2) is 13.4 Å². The van der Waals surface area contributed by atoms with Crippen LogP contribution in [0.25, 0.3) is 10.8 Å². The van der Waals surface area contributed by atoms with Gasteiger partial charge < -0.3 is 10.0 Å². The zero-order chi connectivity index (χ0) is 28.7. The molecular formula is C28H32ClN5O5S. The molecule has 12 heteroatoms. The number of carbonyl (C=O) groups is 2. The number of anilines is 1. The van der Waals surface area contributed by atoms with Crippen LogP contribution >= 0.6 is 11.6 Å². The molecule has 212 valence electrons. The summed E-state index contributed by atoms with van der Waals surface area (Å²) in [6.45, 7) is 2.66. The number of carboxylic acids is 1. The minimum atomic E-state index is -4.09. The Bertz CT molecular complexity index is 1530. The topological polar surface area (TPSA) is 114 Å². The van der Waals surface area contributed by atoms with Crippen LogP contribution in [0.4, 0.5) is 5.69 Å². The van der Waals surface area contributed by atoms with Gasteiger partial charge >= 0.3 is 5.97 Å². The van der Waals surface area contributed by atoms with Crippen LogP contribution in [0.1, 0.15) is 26.2 Å². The number of nitrogens with zero attached hydrogens (tertiary/aromatic N) is 5. The summed E-state index contributed by atoms with van der Waals surface area (Å²) in [4.78, 5) is 32.0. The summed E-state index contributed by atoms with van der Waals surface area (Å²) in [5, 5.41) is 15.1. The Morgan fingerprint density at radius 1 is 1.10 bits per heavy atom. The Morgan fingerprint density at radius 2 is 1.75 bits per heavy atom. The number of amides is 1. The molecule has 10 nitrogen and oxygen atoms in total. The van der Waals surface area contributed by atoms with Gasteiger partial charge in [-0.15, -0.1) is 0 Å². The van der Waals surface area contributed by atoms with Gasteiger partial charge in [0.15, 0.2) is 0 Å². The maximum absolute atomic E-state index is 13.7. The molecule has 2 aliphatic heterocycles. The number of benzene rings is 2. The lowest BCUT2D eigenvalue weighted by molar-refractivity contribution is -0.182. The number of piperidine rings is 1. The first-order valence-corrected chi connectivity index (χ1v) is 14.9. The molecule has 1 N–H and O–H groups in total. The molecule has 0 saturated carbocycles. The molecule has 1 unspecified atom stereocenters. The first-order chi connectivity index (χ1) is 19.0. The summed E-state index contributed by atoms with van der Waals surface area (Å²) in [5.41, 5.74) is -0.200. The molecule has 2 saturated heterocycles. The van der Waals surface area contributed by atoms with Crippen molar-refractivity contribution in [3.8, 4) is 0 Å². The molecule has 0 spiro atoms. The van der Waals surface area contributed by atoms with E-state index < -0.39 is 33.9 Å². The minimum absolute atomic E-state index is 0.00868. The van der Waals surface area contributed by atoms with Crippen LogP contribution in [0.2, 0.25) is 5.02 Å². The highest BCUT2D eigenvalue weighted by atomic mass is 35.5. The second-order valence-electron chi connectivity index (χ2n) is 10.7. The monoisotopic (exact) mass is 585 g/mol. The van der Waals surface area contributed by atoms with Gasteiger partial charge in [-0.1, -0.05) is 23.7 Å². The van der Waals surface area contributed by atoms with Gasteiger partial charge in [0.2, 0.25) is 10.0 Å². The Balaban J connectivity index is 1.38. The first kappa shape index (κ1) is 28.3. The number of hydrogen-bond acceptors (Lipinski definition) is 7. The Morgan fingerprint density at radius 3 is 2.42 bits per heavy atom. The van der Waals surface area contributed by atoms with E-state index in [0.717, 1.165) is 41.3 Å². The van der Waals surface area contributed by atoms with Gasteiger partial charge in [0.25, 0.3) is 5.91 Å². The fraction of sp³-hybridized carbons (Fsp3) is 0.393. The summed E-state index contributed by atoms with van der Waals surface area (Å²) in [6.07, 6.45) is 4.63. The van der Waals surface area contributed by atoms with Crippen molar-refractivity contribution in [2.75, 3.05) is 38.1 Å². The Kier molecular flexibility index (Phi) is 7.75. The lowest BCUT2D eigenvalue weighted by atomic mass is 9.93. The van der Waals surface area contributed by atoms with Crippen molar-refractivity contribution >= 4 is 50.0 Å². The average Bonchev–Trinajstić information content (AvgIpc) is 2.92. The molecule has 2 aliphatic rings. The van der Waals surface area contributed by atoms with Crippen molar-refractivity contribution in [1.29, 1.82) is 0 Å². The largest absolute Gasteiger partial charge is 0.481 e. The van der Waals surface area contributed by atoms with Crippen molar-refractivity contribution in [3.63, 3.8) is 0 Å². The molecule has 1 amide bonds. The van der Waals surface area contributed by atoms with Crippen LogP contribution < -0.4 is 4.90 Å². The fourth-order valence-corrected chi connectivity index (χ4v) is 7.65. The average molecular weight is 586 g/mol. The zero-order valence-corrected chi connectivity index (χ0v) is 24.0. The lowest BCUT2D eigenvalue weighted by Gasteiger charge is -2.53. The van der Waals surface area contributed by atoms with Crippen LogP contribution in [0.5, 0.6) is 0 Å².